The molecule has 0 atom stereocenters. The first-order chi connectivity index (χ1) is 12.6. The van der Waals surface area contributed by atoms with E-state index in [-0.39, 0.29) is 12.5 Å². The van der Waals surface area contributed by atoms with Gasteiger partial charge in [0.25, 0.3) is 0 Å². The second-order valence-corrected chi connectivity index (χ2v) is 7.17. The molecule has 2 amide bonds. The van der Waals surface area contributed by atoms with Crippen LogP contribution < -0.4 is 15.4 Å². The van der Waals surface area contributed by atoms with Gasteiger partial charge in [-0.3, -0.25) is 14.8 Å². The van der Waals surface area contributed by atoms with E-state index in [1.54, 1.807) is 43.7 Å². The molecule has 0 unspecified atom stereocenters. The highest BCUT2D eigenvalue weighted by Crippen LogP contribution is 2.28. The van der Waals surface area contributed by atoms with Gasteiger partial charge in [0.1, 0.15) is 17.9 Å². The lowest BCUT2D eigenvalue weighted by Gasteiger charge is -2.20. The van der Waals surface area contributed by atoms with Crippen molar-refractivity contribution < 1.29 is 19.1 Å². The maximum Gasteiger partial charge on any atom is 0.412 e. The maximum absolute atomic E-state index is 12.3. The molecule has 2 aromatic rings. The first kappa shape index (κ1) is 20.3. The molecule has 27 heavy (non-hydrogen) atoms. The minimum atomic E-state index is -0.603. The topological polar surface area (TPSA) is 94.5 Å². The first-order valence-corrected chi connectivity index (χ1v) is 8.56. The number of aryl methyl sites for hydroxylation is 2. The van der Waals surface area contributed by atoms with Gasteiger partial charge in [0.2, 0.25) is 5.91 Å². The Hall–Kier alpha value is -3.03. The van der Waals surface area contributed by atoms with Crippen LogP contribution in [0.25, 0.3) is 0 Å². The molecule has 0 bridgehead atoms. The molecule has 8 nitrogen and oxygen atoms in total. The summed E-state index contributed by atoms with van der Waals surface area (Å²) in [4.78, 5) is 24.2. The predicted octanol–water partition coefficient (Wildman–Crippen LogP) is 3.49. The monoisotopic (exact) mass is 374 g/mol. The van der Waals surface area contributed by atoms with Crippen LogP contribution >= 0.6 is 0 Å². The van der Waals surface area contributed by atoms with Crippen LogP contribution in [0.2, 0.25) is 0 Å². The molecule has 0 aliphatic rings. The fourth-order valence-electron chi connectivity index (χ4n) is 2.46. The number of carbonyl (C=O) groups excluding carboxylic acids is 2. The van der Waals surface area contributed by atoms with Gasteiger partial charge >= 0.3 is 6.09 Å². The second kappa shape index (κ2) is 8.11. The Kier molecular flexibility index (Phi) is 6.09. The number of anilines is 2. The smallest absolute Gasteiger partial charge is 0.412 e. The fourth-order valence-corrected chi connectivity index (χ4v) is 2.46. The molecule has 0 aliphatic carbocycles. The van der Waals surface area contributed by atoms with Gasteiger partial charge in [-0.15, -0.1) is 0 Å². The molecule has 1 heterocycles. The number of nitrogens with one attached hydrogen (secondary N) is 2. The lowest BCUT2D eigenvalue weighted by Crippen LogP contribution is -2.27. The minimum absolute atomic E-state index is 0.111. The molecular weight excluding hydrogens is 348 g/mol. The van der Waals surface area contributed by atoms with Crippen LogP contribution in [0.1, 0.15) is 32.2 Å². The van der Waals surface area contributed by atoms with Crippen molar-refractivity contribution in [2.24, 2.45) is 0 Å². The molecular formula is C19H26N4O4. The maximum atomic E-state index is 12.3. The molecule has 8 heteroatoms. The number of hydrogen-bond acceptors (Lipinski definition) is 5. The van der Waals surface area contributed by atoms with Crippen molar-refractivity contribution in [3.8, 4) is 5.75 Å². The normalized spacial score (nSPS) is 11.0. The summed E-state index contributed by atoms with van der Waals surface area (Å²) in [7, 11) is 1.48. The molecule has 0 aliphatic heterocycles. The van der Waals surface area contributed by atoms with Crippen LogP contribution in [0.5, 0.6) is 5.75 Å². The van der Waals surface area contributed by atoms with Crippen LogP contribution in [0.3, 0.4) is 0 Å². The van der Waals surface area contributed by atoms with Crippen LogP contribution in [-0.2, 0) is 16.1 Å². The highest BCUT2D eigenvalue weighted by Gasteiger charge is 2.18. The van der Waals surface area contributed by atoms with Gasteiger partial charge in [-0.05, 0) is 52.8 Å². The van der Waals surface area contributed by atoms with Gasteiger partial charge in [-0.2, -0.15) is 5.10 Å². The number of carbonyl (C=O) groups is 2. The van der Waals surface area contributed by atoms with Crippen molar-refractivity contribution in [3.63, 3.8) is 0 Å². The van der Waals surface area contributed by atoms with E-state index >= 15 is 0 Å². The van der Waals surface area contributed by atoms with E-state index < -0.39 is 11.7 Å². The molecule has 2 rings (SSSR count). The zero-order valence-corrected chi connectivity index (χ0v) is 16.5. The van der Waals surface area contributed by atoms with E-state index in [1.165, 1.54) is 7.11 Å². The zero-order valence-electron chi connectivity index (χ0n) is 16.5. The summed E-state index contributed by atoms with van der Waals surface area (Å²) in [6.45, 7) is 9.23. The van der Waals surface area contributed by atoms with Crippen LogP contribution in [0, 0.1) is 13.8 Å². The summed E-state index contributed by atoms with van der Waals surface area (Å²) < 4.78 is 12.2. The van der Waals surface area contributed by atoms with Crippen molar-refractivity contribution >= 4 is 23.4 Å². The Bertz CT molecular complexity index is 837. The van der Waals surface area contributed by atoms with Crippen LogP contribution in [-0.4, -0.2) is 34.5 Å². The third kappa shape index (κ3) is 6.02. The molecule has 0 spiro atoms. The summed E-state index contributed by atoms with van der Waals surface area (Å²) in [6, 6.07) is 6.86. The van der Waals surface area contributed by atoms with Gasteiger partial charge in [0.15, 0.2) is 0 Å². The molecule has 0 radical (unpaired) electrons. The lowest BCUT2D eigenvalue weighted by molar-refractivity contribution is -0.116. The Balaban J connectivity index is 2.05. The number of methoxy groups -OCH3 is 1. The van der Waals surface area contributed by atoms with Crippen molar-refractivity contribution in [1.29, 1.82) is 0 Å². The molecule has 0 saturated heterocycles. The van der Waals surface area contributed by atoms with E-state index in [2.05, 4.69) is 15.7 Å². The largest absolute Gasteiger partial charge is 0.494 e. The third-order valence-electron chi connectivity index (χ3n) is 3.52. The van der Waals surface area contributed by atoms with Crippen molar-refractivity contribution in [1.82, 2.24) is 9.78 Å². The summed E-state index contributed by atoms with van der Waals surface area (Å²) in [5, 5.41) is 9.70. The highest BCUT2D eigenvalue weighted by atomic mass is 16.6. The molecule has 146 valence electrons. The molecule has 1 aromatic carbocycles. The SMILES string of the molecule is COc1cc(NC(=O)Cn2nc(C)cc2C)ccc1NC(=O)OC(C)(C)C. The number of ether oxygens (including phenoxy) is 2. The lowest BCUT2D eigenvalue weighted by atomic mass is 10.2. The van der Waals surface area contributed by atoms with Gasteiger partial charge in [0.05, 0.1) is 18.5 Å². The van der Waals surface area contributed by atoms with Gasteiger partial charge < -0.3 is 14.8 Å². The molecule has 2 N–H and O–H groups in total. The van der Waals surface area contributed by atoms with Crippen LogP contribution in [0.15, 0.2) is 24.3 Å². The number of nitrogens with zero attached hydrogens (tertiary/aromatic N) is 2. The third-order valence-corrected chi connectivity index (χ3v) is 3.52. The minimum Gasteiger partial charge on any atom is -0.494 e. The standard InChI is InChI=1S/C19H26N4O4/c1-12-9-13(2)23(22-12)11-17(24)20-14-7-8-15(16(10-14)26-6)21-18(25)27-19(3,4)5/h7-10H,11H2,1-6H3,(H,20,24)(H,21,25). The fraction of sp³-hybridized carbons (Fsp3) is 0.421. The van der Waals surface area contributed by atoms with E-state index in [0.29, 0.717) is 17.1 Å². The second-order valence-electron chi connectivity index (χ2n) is 7.17. The van der Waals surface area contributed by atoms with E-state index in [0.717, 1.165) is 11.4 Å². The Morgan fingerprint density at radius 3 is 2.41 bits per heavy atom. The molecule has 0 saturated carbocycles. The molecule has 0 fully saturated rings. The van der Waals surface area contributed by atoms with E-state index in [1.807, 2.05) is 19.9 Å². The molecule has 1 aromatic heterocycles. The number of aromatic nitrogens is 2. The Morgan fingerprint density at radius 1 is 1.15 bits per heavy atom. The number of amides is 2. The average Bonchev–Trinajstić information content (AvgIpc) is 2.84. The van der Waals surface area contributed by atoms with Crippen molar-refractivity contribution in [2.45, 2.75) is 46.8 Å². The summed E-state index contributed by atoms with van der Waals surface area (Å²) in [6.07, 6.45) is -0.581. The number of benzene rings is 1. The van der Waals surface area contributed by atoms with E-state index in [9.17, 15) is 9.59 Å². The Labute approximate surface area is 158 Å². The first-order valence-electron chi connectivity index (χ1n) is 8.56. The highest BCUT2D eigenvalue weighted by molar-refractivity contribution is 5.92. The van der Waals surface area contributed by atoms with Gasteiger partial charge in [0, 0.05) is 17.4 Å². The van der Waals surface area contributed by atoms with Crippen molar-refractivity contribution in [3.05, 3.63) is 35.7 Å². The Morgan fingerprint density at radius 2 is 1.85 bits per heavy atom. The number of rotatable bonds is 5. The number of hydrogen-bond donors (Lipinski definition) is 2. The summed E-state index contributed by atoms with van der Waals surface area (Å²) in [5.74, 6) is 0.195. The van der Waals surface area contributed by atoms with E-state index in [4.69, 9.17) is 9.47 Å². The van der Waals surface area contributed by atoms with Crippen molar-refractivity contribution in [2.75, 3.05) is 17.7 Å². The summed E-state index contributed by atoms with van der Waals surface area (Å²) >= 11 is 0. The zero-order chi connectivity index (χ0) is 20.2. The van der Waals surface area contributed by atoms with Gasteiger partial charge in [-0.25, -0.2) is 4.79 Å². The quantitative estimate of drug-likeness (QED) is 0.835. The van der Waals surface area contributed by atoms with Gasteiger partial charge in [-0.1, -0.05) is 0 Å². The average molecular weight is 374 g/mol. The summed E-state index contributed by atoms with van der Waals surface area (Å²) in [5.41, 5.74) is 2.17. The van der Waals surface area contributed by atoms with Crippen LogP contribution in [0.4, 0.5) is 16.2 Å². The predicted molar refractivity (Wildman–Crippen MR) is 103 cm³/mol.